The minimum atomic E-state index is -0.540. The van der Waals surface area contributed by atoms with Gasteiger partial charge in [-0.25, -0.2) is 4.79 Å². The van der Waals surface area contributed by atoms with Crippen molar-refractivity contribution in [3.63, 3.8) is 0 Å². The first kappa shape index (κ1) is 19.4. The smallest absolute Gasteiger partial charge is 0.410 e. The normalized spacial score (nSPS) is 13.9. The first-order valence-corrected chi connectivity index (χ1v) is 9.54. The first-order chi connectivity index (χ1) is 12.6. The van der Waals surface area contributed by atoms with E-state index in [1.807, 2.05) is 45.9 Å². The van der Waals surface area contributed by atoms with Crippen LogP contribution < -0.4 is 5.32 Å². The first-order valence-electron chi connectivity index (χ1n) is 8.75. The van der Waals surface area contributed by atoms with E-state index in [0.717, 1.165) is 21.4 Å². The average Bonchev–Trinajstić information content (AvgIpc) is 3.00. The number of amides is 2. The van der Waals surface area contributed by atoms with Crippen LogP contribution in [-0.2, 0) is 17.8 Å². The number of nitrogens with zero attached hydrogens (tertiary/aromatic N) is 3. The molecule has 2 aromatic rings. The number of carbonyl (C=O) groups excluding carboxylic acids is 2. The lowest BCUT2D eigenvalue weighted by molar-refractivity contribution is 0.0194. The molecule has 144 valence electrons. The van der Waals surface area contributed by atoms with Gasteiger partial charge in [0, 0.05) is 16.7 Å². The molecule has 1 aliphatic rings. The van der Waals surface area contributed by atoms with Crippen molar-refractivity contribution in [1.82, 2.24) is 14.7 Å². The topological polar surface area (TPSA) is 76.5 Å². The molecule has 27 heavy (non-hydrogen) atoms. The Bertz CT molecular complexity index is 886. The Morgan fingerprint density at radius 2 is 2.00 bits per heavy atom. The third kappa shape index (κ3) is 4.50. The number of anilines is 1. The van der Waals surface area contributed by atoms with Gasteiger partial charge >= 0.3 is 6.09 Å². The van der Waals surface area contributed by atoms with Crippen molar-refractivity contribution in [3.8, 4) is 0 Å². The van der Waals surface area contributed by atoms with Gasteiger partial charge in [-0.2, -0.15) is 5.10 Å². The fraction of sp³-hybridized carbons (Fsp3) is 0.421. The van der Waals surface area contributed by atoms with Gasteiger partial charge in [0.15, 0.2) is 5.69 Å². The lowest BCUT2D eigenvalue weighted by Crippen LogP contribution is -2.41. The fourth-order valence-corrected chi connectivity index (χ4v) is 3.16. The number of nitrogens with one attached hydrogen (secondary N) is 1. The van der Waals surface area contributed by atoms with Crippen molar-refractivity contribution in [1.29, 1.82) is 0 Å². The van der Waals surface area contributed by atoms with Crippen LogP contribution in [-0.4, -0.2) is 38.8 Å². The minimum absolute atomic E-state index is 0.276. The van der Waals surface area contributed by atoms with E-state index in [0.29, 0.717) is 25.3 Å². The van der Waals surface area contributed by atoms with Crippen LogP contribution in [0.2, 0.25) is 0 Å². The summed E-state index contributed by atoms with van der Waals surface area (Å²) in [6.07, 6.45) is -0.356. The highest BCUT2D eigenvalue weighted by molar-refractivity contribution is 9.10. The molecule has 2 amide bonds. The van der Waals surface area contributed by atoms with Crippen LogP contribution in [0.15, 0.2) is 28.7 Å². The Morgan fingerprint density at radius 3 is 2.70 bits per heavy atom. The number of halogens is 1. The molecule has 3 rings (SSSR count). The van der Waals surface area contributed by atoms with Crippen molar-refractivity contribution in [2.75, 3.05) is 11.9 Å². The SMILES string of the molecule is Cc1c(Br)cccc1NC(=O)c1cc2n(n1)CCN(C(=O)OC(C)(C)C)C2. The molecule has 1 aliphatic heterocycles. The van der Waals surface area contributed by atoms with Crippen molar-refractivity contribution in [3.05, 3.63) is 45.7 Å². The Labute approximate surface area is 166 Å². The second kappa shape index (κ2) is 7.34. The summed E-state index contributed by atoms with van der Waals surface area (Å²) < 4.78 is 8.12. The van der Waals surface area contributed by atoms with Gasteiger partial charge in [-0.05, 0) is 51.5 Å². The third-order valence-electron chi connectivity index (χ3n) is 4.20. The van der Waals surface area contributed by atoms with Crippen molar-refractivity contribution in [2.45, 2.75) is 46.4 Å². The largest absolute Gasteiger partial charge is 0.444 e. The number of fused-ring (bicyclic) bond motifs is 1. The van der Waals surface area contributed by atoms with E-state index in [9.17, 15) is 9.59 Å². The number of benzene rings is 1. The minimum Gasteiger partial charge on any atom is -0.444 e. The van der Waals surface area contributed by atoms with Crippen LogP contribution >= 0.6 is 15.9 Å². The molecule has 0 aliphatic carbocycles. The maximum atomic E-state index is 12.6. The molecular formula is C19H23BrN4O3. The highest BCUT2D eigenvalue weighted by Crippen LogP contribution is 2.24. The lowest BCUT2D eigenvalue weighted by Gasteiger charge is -2.30. The van der Waals surface area contributed by atoms with Crippen molar-refractivity contribution in [2.24, 2.45) is 0 Å². The third-order valence-corrected chi connectivity index (χ3v) is 5.06. The maximum absolute atomic E-state index is 12.6. The summed E-state index contributed by atoms with van der Waals surface area (Å²) in [5.41, 5.74) is 2.28. The van der Waals surface area contributed by atoms with E-state index < -0.39 is 5.60 Å². The summed E-state index contributed by atoms with van der Waals surface area (Å²) in [5.74, 6) is -0.276. The molecule has 0 radical (unpaired) electrons. The summed E-state index contributed by atoms with van der Waals surface area (Å²) in [5, 5.41) is 7.27. The van der Waals surface area contributed by atoms with Gasteiger partial charge in [0.1, 0.15) is 5.60 Å². The molecule has 0 unspecified atom stereocenters. The number of hydrogen-bond donors (Lipinski definition) is 1. The molecule has 0 saturated heterocycles. The van der Waals surface area contributed by atoms with E-state index in [1.54, 1.807) is 15.6 Å². The molecule has 2 heterocycles. The summed E-state index contributed by atoms with van der Waals surface area (Å²) in [6, 6.07) is 7.35. The standard InChI is InChI=1S/C19H23BrN4O3/c1-12-14(20)6-5-7-15(12)21-17(25)16-10-13-11-23(8-9-24(13)22-16)18(26)27-19(2,3)4/h5-7,10H,8-9,11H2,1-4H3,(H,21,25). The summed E-state index contributed by atoms with van der Waals surface area (Å²) in [7, 11) is 0. The number of aromatic nitrogens is 2. The van der Waals surface area contributed by atoms with Gasteiger partial charge in [-0.1, -0.05) is 22.0 Å². The molecular weight excluding hydrogens is 412 g/mol. The van der Waals surface area contributed by atoms with Crippen molar-refractivity contribution < 1.29 is 14.3 Å². The Kier molecular flexibility index (Phi) is 5.28. The fourth-order valence-electron chi connectivity index (χ4n) is 2.79. The molecule has 1 aromatic carbocycles. The van der Waals surface area contributed by atoms with E-state index >= 15 is 0 Å². The van der Waals surface area contributed by atoms with E-state index in [2.05, 4.69) is 26.3 Å². The predicted molar refractivity (Wildman–Crippen MR) is 106 cm³/mol. The number of carbonyl (C=O) groups is 2. The molecule has 0 saturated carbocycles. The molecule has 8 heteroatoms. The van der Waals surface area contributed by atoms with E-state index in [-0.39, 0.29) is 12.0 Å². The van der Waals surface area contributed by atoms with Gasteiger partial charge in [0.2, 0.25) is 0 Å². The van der Waals surface area contributed by atoms with Gasteiger partial charge in [0.05, 0.1) is 18.8 Å². The van der Waals surface area contributed by atoms with Crippen LogP contribution in [0.25, 0.3) is 0 Å². The van der Waals surface area contributed by atoms with E-state index in [1.165, 1.54) is 0 Å². The second-order valence-electron chi connectivity index (χ2n) is 7.51. The van der Waals surface area contributed by atoms with Crippen LogP contribution in [0.1, 0.15) is 42.5 Å². The summed E-state index contributed by atoms with van der Waals surface area (Å²) >= 11 is 3.46. The second-order valence-corrected chi connectivity index (χ2v) is 8.37. The van der Waals surface area contributed by atoms with Gasteiger partial charge < -0.3 is 15.0 Å². The molecule has 0 atom stereocenters. The molecule has 0 bridgehead atoms. The number of hydrogen-bond acceptors (Lipinski definition) is 4. The highest BCUT2D eigenvalue weighted by atomic mass is 79.9. The van der Waals surface area contributed by atoms with Gasteiger partial charge in [0.25, 0.3) is 5.91 Å². The van der Waals surface area contributed by atoms with Crippen LogP contribution in [0, 0.1) is 6.92 Å². The number of rotatable bonds is 2. The van der Waals surface area contributed by atoms with Gasteiger partial charge in [-0.3, -0.25) is 9.48 Å². The van der Waals surface area contributed by atoms with Crippen LogP contribution in [0.5, 0.6) is 0 Å². The monoisotopic (exact) mass is 434 g/mol. The summed E-state index contributed by atoms with van der Waals surface area (Å²) in [4.78, 5) is 26.5. The quantitative estimate of drug-likeness (QED) is 0.775. The van der Waals surface area contributed by atoms with Gasteiger partial charge in [-0.15, -0.1) is 0 Å². The molecule has 1 aromatic heterocycles. The average molecular weight is 435 g/mol. The lowest BCUT2D eigenvalue weighted by atomic mass is 10.2. The Morgan fingerprint density at radius 1 is 1.26 bits per heavy atom. The van der Waals surface area contributed by atoms with E-state index in [4.69, 9.17) is 4.74 Å². The zero-order valence-electron chi connectivity index (χ0n) is 15.9. The maximum Gasteiger partial charge on any atom is 0.410 e. The number of ether oxygens (including phenoxy) is 1. The summed E-state index contributed by atoms with van der Waals surface area (Å²) in [6.45, 7) is 8.83. The Hall–Kier alpha value is -2.35. The van der Waals surface area contributed by atoms with Crippen LogP contribution in [0.4, 0.5) is 10.5 Å². The zero-order valence-corrected chi connectivity index (χ0v) is 17.5. The highest BCUT2D eigenvalue weighted by Gasteiger charge is 2.27. The zero-order chi connectivity index (χ0) is 19.8. The van der Waals surface area contributed by atoms with Crippen molar-refractivity contribution >= 4 is 33.6 Å². The molecule has 0 fully saturated rings. The molecule has 0 spiro atoms. The molecule has 7 nitrogen and oxygen atoms in total. The predicted octanol–water partition coefficient (Wildman–Crippen LogP) is 3.96. The van der Waals surface area contributed by atoms with Crippen LogP contribution in [0.3, 0.4) is 0 Å². The Balaban J connectivity index is 1.72. The molecule has 1 N–H and O–H groups in total.